The van der Waals surface area contributed by atoms with Crippen LogP contribution in [0.3, 0.4) is 0 Å². The zero-order valence-corrected chi connectivity index (χ0v) is 7.98. The Balaban J connectivity index is 2.89. The van der Waals surface area contributed by atoms with Gasteiger partial charge in [0.05, 0.1) is 0 Å². The van der Waals surface area contributed by atoms with Crippen LogP contribution >= 0.6 is 27.5 Å². The predicted molar refractivity (Wildman–Crippen MR) is 48.8 cm³/mol. The van der Waals surface area contributed by atoms with Crippen molar-refractivity contribution in [3.05, 3.63) is 34.9 Å². The minimum atomic E-state index is 0.407. The van der Waals surface area contributed by atoms with E-state index in [2.05, 4.69) is 22.9 Å². The van der Waals surface area contributed by atoms with Crippen molar-refractivity contribution in [3.8, 4) is 0 Å². The Morgan fingerprint density at radius 3 is 2.20 bits per heavy atom. The summed E-state index contributed by atoms with van der Waals surface area (Å²) in [6.07, 6.45) is 0. The quantitative estimate of drug-likeness (QED) is 0.630. The second-order valence-corrected chi connectivity index (χ2v) is 3.98. The van der Waals surface area contributed by atoms with Crippen LogP contribution in [0.2, 0.25) is 5.02 Å². The van der Waals surface area contributed by atoms with Crippen LogP contribution in [0.4, 0.5) is 0 Å². The summed E-state index contributed by atoms with van der Waals surface area (Å²) in [6.45, 7) is 2.09. The smallest absolute Gasteiger partial charge is 0.0406 e. The molecule has 0 saturated heterocycles. The molecule has 0 unspecified atom stereocenters. The van der Waals surface area contributed by atoms with E-state index >= 15 is 0 Å². The largest absolute Gasteiger partial charge is 0.0843 e. The van der Waals surface area contributed by atoms with Gasteiger partial charge in [-0.25, -0.2) is 0 Å². The van der Waals surface area contributed by atoms with Crippen molar-refractivity contribution in [1.82, 2.24) is 0 Å². The van der Waals surface area contributed by atoms with E-state index in [1.807, 2.05) is 24.3 Å². The molecule has 0 saturated carbocycles. The summed E-state index contributed by atoms with van der Waals surface area (Å²) in [7, 11) is 0. The van der Waals surface area contributed by atoms with Crippen LogP contribution in [0.25, 0.3) is 0 Å². The van der Waals surface area contributed by atoms with E-state index in [1.165, 1.54) is 5.56 Å². The first-order valence-electron chi connectivity index (χ1n) is 3.09. The van der Waals surface area contributed by atoms with Crippen molar-refractivity contribution in [2.24, 2.45) is 0 Å². The third-order valence-corrected chi connectivity index (χ3v) is 2.11. The van der Waals surface area contributed by atoms with Gasteiger partial charge in [0.2, 0.25) is 0 Å². The van der Waals surface area contributed by atoms with Gasteiger partial charge in [-0.2, -0.15) is 0 Å². The highest BCUT2D eigenvalue weighted by Crippen LogP contribution is 2.22. The van der Waals surface area contributed by atoms with E-state index in [9.17, 15) is 0 Å². The van der Waals surface area contributed by atoms with Gasteiger partial charge in [-0.3, -0.25) is 0 Å². The van der Waals surface area contributed by atoms with Crippen molar-refractivity contribution < 1.29 is 0 Å². The van der Waals surface area contributed by atoms with E-state index < -0.39 is 0 Å². The van der Waals surface area contributed by atoms with Gasteiger partial charge < -0.3 is 0 Å². The Hall–Kier alpha value is -0.0100. The van der Waals surface area contributed by atoms with Gasteiger partial charge in [0.1, 0.15) is 0 Å². The lowest BCUT2D eigenvalue weighted by Crippen LogP contribution is -1.80. The van der Waals surface area contributed by atoms with Crippen LogP contribution < -0.4 is 0 Å². The maximum atomic E-state index is 5.70. The topological polar surface area (TPSA) is 0 Å². The highest BCUT2D eigenvalue weighted by molar-refractivity contribution is 9.09. The molecule has 0 fully saturated rings. The van der Waals surface area contributed by atoms with Crippen LogP contribution in [0.5, 0.6) is 0 Å². The number of hydrogen-bond acceptors (Lipinski definition) is 0. The predicted octanol–water partition coefficient (Wildman–Crippen LogP) is 3.80. The number of rotatable bonds is 1. The number of benzene rings is 1. The Labute approximate surface area is 74.3 Å². The van der Waals surface area contributed by atoms with Crippen LogP contribution in [0.1, 0.15) is 17.3 Å². The SMILES string of the molecule is C[C@@H](Br)c1ccc(Cl)cc1. The summed E-state index contributed by atoms with van der Waals surface area (Å²) in [5.41, 5.74) is 1.25. The molecule has 1 aromatic rings. The fourth-order valence-electron chi connectivity index (χ4n) is 0.728. The van der Waals surface area contributed by atoms with E-state index in [0.717, 1.165) is 5.02 Å². The molecule has 0 aliphatic rings. The summed E-state index contributed by atoms with van der Waals surface area (Å²) >= 11 is 9.16. The van der Waals surface area contributed by atoms with Gasteiger partial charge in [-0.15, -0.1) is 0 Å². The molecule has 10 heavy (non-hydrogen) atoms. The minimum Gasteiger partial charge on any atom is -0.0843 e. The lowest BCUT2D eigenvalue weighted by atomic mass is 10.2. The molecule has 0 amide bonds. The fraction of sp³-hybridized carbons (Fsp3) is 0.250. The highest BCUT2D eigenvalue weighted by Gasteiger charge is 1.97. The van der Waals surface area contributed by atoms with Gasteiger partial charge in [0, 0.05) is 9.85 Å². The maximum Gasteiger partial charge on any atom is 0.0406 e. The van der Waals surface area contributed by atoms with Gasteiger partial charge in [0.25, 0.3) is 0 Å². The highest BCUT2D eigenvalue weighted by atomic mass is 79.9. The molecule has 0 nitrogen and oxygen atoms in total. The van der Waals surface area contributed by atoms with Crippen molar-refractivity contribution in [2.75, 3.05) is 0 Å². The molecule has 0 heterocycles. The molecule has 0 bridgehead atoms. The second-order valence-electron chi connectivity index (χ2n) is 2.17. The molecule has 0 aliphatic carbocycles. The monoisotopic (exact) mass is 218 g/mol. The van der Waals surface area contributed by atoms with Crippen LogP contribution in [0, 0.1) is 0 Å². The molecule has 0 spiro atoms. The summed E-state index contributed by atoms with van der Waals surface area (Å²) in [5.74, 6) is 0. The zero-order valence-electron chi connectivity index (χ0n) is 5.64. The molecule has 54 valence electrons. The first-order chi connectivity index (χ1) is 4.70. The van der Waals surface area contributed by atoms with Crippen LogP contribution in [-0.4, -0.2) is 0 Å². The minimum absolute atomic E-state index is 0.407. The first kappa shape index (κ1) is 8.09. The molecular weight excluding hydrogens is 211 g/mol. The summed E-state index contributed by atoms with van der Waals surface area (Å²) in [4.78, 5) is 0.407. The van der Waals surface area contributed by atoms with Crippen molar-refractivity contribution >= 4 is 27.5 Å². The fourth-order valence-corrected chi connectivity index (χ4v) is 1.16. The van der Waals surface area contributed by atoms with E-state index in [0.29, 0.717) is 4.83 Å². The molecule has 1 aromatic carbocycles. The number of halogens is 2. The Morgan fingerprint density at radius 2 is 1.80 bits per heavy atom. The Kier molecular flexibility index (Phi) is 2.75. The molecule has 0 aliphatic heterocycles. The average molecular weight is 220 g/mol. The van der Waals surface area contributed by atoms with E-state index in [-0.39, 0.29) is 0 Å². The summed E-state index contributed by atoms with van der Waals surface area (Å²) in [6, 6.07) is 7.83. The molecular formula is C8H8BrCl. The zero-order chi connectivity index (χ0) is 7.56. The third-order valence-electron chi connectivity index (χ3n) is 1.33. The molecule has 1 atom stereocenters. The molecule has 2 heteroatoms. The van der Waals surface area contributed by atoms with Gasteiger partial charge >= 0.3 is 0 Å². The first-order valence-corrected chi connectivity index (χ1v) is 4.39. The average Bonchev–Trinajstić information content (AvgIpc) is 1.88. The van der Waals surface area contributed by atoms with Gasteiger partial charge in [-0.1, -0.05) is 39.7 Å². The summed E-state index contributed by atoms with van der Waals surface area (Å²) in [5, 5.41) is 0.789. The van der Waals surface area contributed by atoms with Crippen molar-refractivity contribution in [3.63, 3.8) is 0 Å². The van der Waals surface area contributed by atoms with Crippen LogP contribution in [-0.2, 0) is 0 Å². The molecule has 0 aromatic heterocycles. The number of hydrogen-bond donors (Lipinski definition) is 0. The van der Waals surface area contributed by atoms with Crippen LogP contribution in [0.15, 0.2) is 24.3 Å². The van der Waals surface area contributed by atoms with Gasteiger partial charge in [0.15, 0.2) is 0 Å². The van der Waals surface area contributed by atoms with E-state index in [4.69, 9.17) is 11.6 Å². The normalized spacial score (nSPS) is 13.1. The van der Waals surface area contributed by atoms with Crippen molar-refractivity contribution in [1.29, 1.82) is 0 Å². The Bertz CT molecular complexity index is 203. The lowest BCUT2D eigenvalue weighted by Gasteiger charge is -2.01. The number of alkyl halides is 1. The summed E-state index contributed by atoms with van der Waals surface area (Å²) < 4.78 is 0. The molecule has 1 rings (SSSR count). The van der Waals surface area contributed by atoms with E-state index in [1.54, 1.807) is 0 Å². The lowest BCUT2D eigenvalue weighted by molar-refractivity contribution is 1.12. The Morgan fingerprint density at radius 1 is 1.30 bits per heavy atom. The second kappa shape index (κ2) is 3.40. The maximum absolute atomic E-state index is 5.70. The van der Waals surface area contributed by atoms with Gasteiger partial charge in [-0.05, 0) is 24.6 Å². The van der Waals surface area contributed by atoms with Crippen molar-refractivity contribution in [2.45, 2.75) is 11.8 Å². The molecule has 0 radical (unpaired) electrons. The molecule has 0 N–H and O–H groups in total. The standard InChI is InChI=1S/C8H8BrCl/c1-6(9)7-2-4-8(10)5-3-7/h2-6H,1H3/t6-/m1/s1. The third kappa shape index (κ3) is 1.99.